The van der Waals surface area contributed by atoms with Gasteiger partial charge in [-0.3, -0.25) is 0 Å². The number of hydrogen-bond donors (Lipinski definition) is 2. The smallest absolute Gasteiger partial charge is 0.337 e. The lowest BCUT2D eigenvalue weighted by molar-refractivity contribution is -0.138. The van der Waals surface area contributed by atoms with Gasteiger partial charge in [0.2, 0.25) is 0 Å². The van der Waals surface area contributed by atoms with Gasteiger partial charge in [-0.25, -0.2) is 19.6 Å². The van der Waals surface area contributed by atoms with E-state index in [0.717, 1.165) is 28.1 Å². The molecule has 1 atom stereocenters. The van der Waals surface area contributed by atoms with E-state index in [4.69, 9.17) is 4.74 Å². The first-order chi connectivity index (χ1) is 13.1. The third kappa shape index (κ3) is 3.41. The second-order valence-corrected chi connectivity index (χ2v) is 8.49. The Morgan fingerprint density at radius 2 is 2.26 bits per heavy atom. The standard InChI is InChI=1S/C18H20N4O3S2/c1-3-25-17(23)13-9(2)21-18(24)22-11(13)7-26-15-14-10-5-4-6-12(10)27-16(14)20-8-19-15/h8-9H,3-7H2,1-2H3,(H2,21,22,24). The summed E-state index contributed by atoms with van der Waals surface area (Å²) >= 11 is 3.26. The number of nitrogens with zero attached hydrogens (tertiary/aromatic N) is 2. The van der Waals surface area contributed by atoms with Crippen LogP contribution in [0.1, 0.15) is 30.7 Å². The molecule has 0 fully saturated rings. The lowest BCUT2D eigenvalue weighted by atomic mass is 10.1. The van der Waals surface area contributed by atoms with Crippen LogP contribution in [0.4, 0.5) is 4.79 Å². The summed E-state index contributed by atoms with van der Waals surface area (Å²) in [5.74, 6) is 0.0280. The lowest BCUT2D eigenvalue weighted by Crippen LogP contribution is -2.49. The van der Waals surface area contributed by atoms with Crippen LogP contribution < -0.4 is 10.6 Å². The van der Waals surface area contributed by atoms with Crippen LogP contribution in [-0.2, 0) is 22.4 Å². The topological polar surface area (TPSA) is 93.2 Å². The van der Waals surface area contributed by atoms with E-state index in [1.165, 1.54) is 28.6 Å². The van der Waals surface area contributed by atoms with Crippen molar-refractivity contribution in [3.05, 3.63) is 28.0 Å². The third-order valence-corrected chi connectivity index (χ3v) is 6.90. The van der Waals surface area contributed by atoms with Crippen molar-refractivity contribution in [3.8, 4) is 0 Å². The Kier molecular flexibility index (Phi) is 5.05. The number of rotatable bonds is 5. The van der Waals surface area contributed by atoms with Crippen molar-refractivity contribution in [2.24, 2.45) is 0 Å². The predicted octanol–water partition coefficient (Wildman–Crippen LogP) is 2.79. The van der Waals surface area contributed by atoms with Gasteiger partial charge in [0.05, 0.1) is 18.2 Å². The number of esters is 1. The molecule has 0 radical (unpaired) electrons. The monoisotopic (exact) mass is 404 g/mol. The maximum atomic E-state index is 12.4. The van der Waals surface area contributed by atoms with Crippen LogP contribution in [0.3, 0.4) is 0 Å². The zero-order valence-electron chi connectivity index (χ0n) is 15.1. The minimum Gasteiger partial charge on any atom is -0.463 e. The van der Waals surface area contributed by atoms with Gasteiger partial charge in [-0.1, -0.05) is 11.8 Å². The highest BCUT2D eigenvalue weighted by Crippen LogP contribution is 2.40. The molecule has 2 aromatic rings. The van der Waals surface area contributed by atoms with Crippen LogP contribution in [0.25, 0.3) is 10.2 Å². The van der Waals surface area contributed by atoms with Gasteiger partial charge in [-0.05, 0) is 38.7 Å². The summed E-state index contributed by atoms with van der Waals surface area (Å²) < 4.78 is 5.17. The second-order valence-electron chi connectivity index (χ2n) is 6.44. The summed E-state index contributed by atoms with van der Waals surface area (Å²) in [5.41, 5.74) is 2.40. The average Bonchev–Trinajstić information content (AvgIpc) is 3.20. The Morgan fingerprint density at radius 1 is 1.41 bits per heavy atom. The summed E-state index contributed by atoms with van der Waals surface area (Å²) in [4.78, 5) is 35.6. The number of aryl methyl sites for hydroxylation is 2. The normalized spacial score (nSPS) is 19.0. The van der Waals surface area contributed by atoms with Crippen LogP contribution in [0.15, 0.2) is 22.6 Å². The molecule has 27 heavy (non-hydrogen) atoms. The molecule has 1 aliphatic heterocycles. The number of amides is 2. The van der Waals surface area contributed by atoms with E-state index in [0.29, 0.717) is 17.0 Å². The van der Waals surface area contributed by atoms with Crippen LogP contribution in [-0.4, -0.2) is 40.4 Å². The predicted molar refractivity (Wildman–Crippen MR) is 105 cm³/mol. The van der Waals surface area contributed by atoms with Gasteiger partial charge in [0.25, 0.3) is 0 Å². The molecule has 9 heteroatoms. The molecule has 0 saturated carbocycles. The number of urea groups is 1. The van der Waals surface area contributed by atoms with Crippen molar-refractivity contribution in [1.82, 2.24) is 20.6 Å². The first kappa shape index (κ1) is 18.2. The van der Waals surface area contributed by atoms with Crippen molar-refractivity contribution < 1.29 is 14.3 Å². The average molecular weight is 405 g/mol. The molecular formula is C18H20N4O3S2. The fraction of sp³-hybridized carbons (Fsp3) is 0.444. The zero-order valence-corrected chi connectivity index (χ0v) is 16.8. The zero-order chi connectivity index (χ0) is 19.0. The Labute approximate surface area is 165 Å². The van der Waals surface area contributed by atoms with Crippen molar-refractivity contribution >= 4 is 45.3 Å². The van der Waals surface area contributed by atoms with Gasteiger partial charge in [0, 0.05) is 21.7 Å². The van der Waals surface area contributed by atoms with Gasteiger partial charge in [0.15, 0.2) is 0 Å². The Bertz CT molecular complexity index is 953. The van der Waals surface area contributed by atoms with Crippen molar-refractivity contribution in [1.29, 1.82) is 0 Å². The number of thiophene rings is 1. The second kappa shape index (κ2) is 7.47. The van der Waals surface area contributed by atoms with Gasteiger partial charge < -0.3 is 15.4 Å². The van der Waals surface area contributed by atoms with Crippen LogP contribution in [0.2, 0.25) is 0 Å². The van der Waals surface area contributed by atoms with E-state index < -0.39 is 12.0 Å². The highest BCUT2D eigenvalue weighted by molar-refractivity contribution is 7.99. The number of thioether (sulfide) groups is 1. The molecule has 3 heterocycles. The molecule has 0 spiro atoms. The summed E-state index contributed by atoms with van der Waals surface area (Å²) in [7, 11) is 0. The van der Waals surface area contributed by atoms with E-state index in [1.54, 1.807) is 31.5 Å². The number of carbonyl (C=O) groups excluding carboxylic acids is 2. The minimum absolute atomic E-state index is 0.289. The lowest BCUT2D eigenvalue weighted by Gasteiger charge is -2.26. The van der Waals surface area contributed by atoms with E-state index in [1.807, 2.05) is 0 Å². The van der Waals surface area contributed by atoms with Gasteiger partial charge in [0.1, 0.15) is 16.2 Å². The quantitative estimate of drug-likeness (QED) is 0.452. The Hall–Kier alpha value is -2.13. The molecular weight excluding hydrogens is 384 g/mol. The maximum absolute atomic E-state index is 12.4. The van der Waals surface area contributed by atoms with Crippen LogP contribution in [0, 0.1) is 0 Å². The van der Waals surface area contributed by atoms with Crippen molar-refractivity contribution in [2.45, 2.75) is 44.2 Å². The first-order valence-electron chi connectivity index (χ1n) is 8.94. The SMILES string of the molecule is CCOC(=O)C1=C(CSc2ncnc3sc4c(c23)CCC4)NC(=O)NC1C. The molecule has 0 aromatic carbocycles. The van der Waals surface area contributed by atoms with E-state index in [9.17, 15) is 9.59 Å². The molecule has 1 unspecified atom stereocenters. The summed E-state index contributed by atoms with van der Waals surface area (Å²) in [6.45, 7) is 3.84. The summed E-state index contributed by atoms with van der Waals surface area (Å²) in [6, 6.07) is -0.709. The van der Waals surface area contributed by atoms with Crippen LogP contribution in [0.5, 0.6) is 0 Å². The Balaban J connectivity index is 1.65. The maximum Gasteiger partial charge on any atom is 0.337 e. The third-order valence-electron chi connectivity index (χ3n) is 4.69. The highest BCUT2D eigenvalue weighted by atomic mass is 32.2. The fourth-order valence-corrected chi connectivity index (χ4v) is 5.83. The fourth-order valence-electron chi connectivity index (χ4n) is 3.54. The highest BCUT2D eigenvalue weighted by Gasteiger charge is 2.30. The molecule has 0 saturated heterocycles. The van der Waals surface area contributed by atoms with E-state index in [-0.39, 0.29) is 12.6 Å². The number of hydrogen-bond acceptors (Lipinski definition) is 7. The number of fused-ring (bicyclic) bond motifs is 3. The number of aromatic nitrogens is 2. The first-order valence-corrected chi connectivity index (χ1v) is 10.7. The number of carbonyl (C=O) groups is 2. The molecule has 142 valence electrons. The molecule has 4 rings (SSSR count). The van der Waals surface area contributed by atoms with Crippen molar-refractivity contribution in [2.75, 3.05) is 12.4 Å². The van der Waals surface area contributed by atoms with Gasteiger partial charge in [-0.15, -0.1) is 11.3 Å². The van der Waals surface area contributed by atoms with E-state index in [2.05, 4.69) is 20.6 Å². The molecule has 0 bridgehead atoms. The number of nitrogens with one attached hydrogen (secondary N) is 2. The van der Waals surface area contributed by atoms with E-state index >= 15 is 0 Å². The Morgan fingerprint density at radius 3 is 3.07 bits per heavy atom. The molecule has 1 aliphatic carbocycles. The molecule has 7 nitrogen and oxygen atoms in total. The van der Waals surface area contributed by atoms with Gasteiger partial charge in [-0.2, -0.15) is 0 Å². The van der Waals surface area contributed by atoms with Gasteiger partial charge >= 0.3 is 12.0 Å². The number of ether oxygens (including phenoxy) is 1. The molecule has 2 N–H and O–H groups in total. The summed E-state index contributed by atoms with van der Waals surface area (Å²) in [5, 5.41) is 7.51. The van der Waals surface area contributed by atoms with Crippen molar-refractivity contribution in [3.63, 3.8) is 0 Å². The van der Waals surface area contributed by atoms with Crippen LogP contribution >= 0.6 is 23.1 Å². The minimum atomic E-state index is -0.405. The molecule has 2 aromatic heterocycles. The largest absolute Gasteiger partial charge is 0.463 e. The summed E-state index contributed by atoms with van der Waals surface area (Å²) in [6.07, 6.45) is 4.93. The molecule has 2 aliphatic rings. The molecule has 2 amide bonds.